The van der Waals surface area contributed by atoms with Crippen molar-refractivity contribution in [2.24, 2.45) is 0 Å². The molecular formula is C12H15N3O4S. The number of hydrogen-bond acceptors (Lipinski definition) is 7. The summed E-state index contributed by atoms with van der Waals surface area (Å²) in [6.07, 6.45) is 1.12. The highest BCUT2D eigenvalue weighted by atomic mass is 32.2. The van der Waals surface area contributed by atoms with Crippen LogP contribution in [0.15, 0.2) is 28.8 Å². The van der Waals surface area contributed by atoms with E-state index >= 15 is 0 Å². The number of nitrogen functional groups attached to an aromatic ring is 1. The minimum Gasteiger partial charge on any atom is -0.484 e. The predicted octanol–water partition coefficient (Wildman–Crippen LogP) is 1.34. The molecule has 0 bridgehead atoms. The van der Waals surface area contributed by atoms with Crippen molar-refractivity contribution in [3.63, 3.8) is 0 Å². The van der Waals surface area contributed by atoms with Crippen LogP contribution in [-0.4, -0.2) is 24.8 Å². The van der Waals surface area contributed by atoms with Crippen molar-refractivity contribution in [1.82, 2.24) is 10.1 Å². The third kappa shape index (κ3) is 3.47. The van der Waals surface area contributed by atoms with E-state index < -0.39 is 15.1 Å². The van der Waals surface area contributed by atoms with Crippen LogP contribution < -0.4 is 10.5 Å². The molecule has 20 heavy (non-hydrogen) atoms. The number of nitrogens with two attached hydrogens (primary N) is 1. The van der Waals surface area contributed by atoms with Crippen LogP contribution in [0.1, 0.15) is 23.9 Å². The first-order valence-corrected chi connectivity index (χ1v) is 7.81. The van der Waals surface area contributed by atoms with Gasteiger partial charge in [0.05, 0.1) is 0 Å². The average molecular weight is 297 g/mol. The maximum absolute atomic E-state index is 11.4. The largest absolute Gasteiger partial charge is 0.484 e. The summed E-state index contributed by atoms with van der Waals surface area (Å²) >= 11 is 0. The molecular weight excluding hydrogens is 282 g/mol. The van der Waals surface area contributed by atoms with Crippen molar-refractivity contribution in [1.29, 1.82) is 0 Å². The van der Waals surface area contributed by atoms with Gasteiger partial charge in [-0.1, -0.05) is 11.2 Å². The first-order valence-electron chi connectivity index (χ1n) is 5.86. The molecule has 7 nitrogen and oxygen atoms in total. The summed E-state index contributed by atoms with van der Waals surface area (Å²) in [6, 6.07) is 6.91. The summed E-state index contributed by atoms with van der Waals surface area (Å²) in [5, 5.41) is 2.83. The Balaban J connectivity index is 2.03. The Morgan fingerprint density at radius 3 is 2.85 bits per heavy atom. The van der Waals surface area contributed by atoms with Crippen molar-refractivity contribution in [2.75, 3.05) is 12.0 Å². The van der Waals surface area contributed by atoms with Gasteiger partial charge in [0.1, 0.15) is 11.0 Å². The Kier molecular flexibility index (Phi) is 3.93. The lowest BCUT2D eigenvalue weighted by atomic mass is 10.3. The SMILES string of the molecule is CC(c1noc(COc2cccc(N)c2)n1)S(C)(=O)=O. The van der Waals surface area contributed by atoms with E-state index in [1.54, 1.807) is 24.3 Å². The number of rotatable bonds is 5. The Morgan fingerprint density at radius 2 is 2.20 bits per heavy atom. The van der Waals surface area contributed by atoms with Crippen LogP contribution in [0.2, 0.25) is 0 Å². The van der Waals surface area contributed by atoms with E-state index in [2.05, 4.69) is 10.1 Å². The van der Waals surface area contributed by atoms with Crippen LogP contribution in [0, 0.1) is 0 Å². The van der Waals surface area contributed by atoms with E-state index in [1.165, 1.54) is 6.92 Å². The molecule has 0 spiro atoms. The molecule has 8 heteroatoms. The van der Waals surface area contributed by atoms with Crippen molar-refractivity contribution in [3.05, 3.63) is 36.0 Å². The van der Waals surface area contributed by atoms with E-state index in [-0.39, 0.29) is 18.3 Å². The fraction of sp³-hybridized carbons (Fsp3) is 0.333. The quantitative estimate of drug-likeness (QED) is 0.829. The molecule has 1 atom stereocenters. The number of benzene rings is 1. The van der Waals surface area contributed by atoms with Crippen LogP contribution >= 0.6 is 0 Å². The summed E-state index contributed by atoms with van der Waals surface area (Å²) in [7, 11) is -3.26. The summed E-state index contributed by atoms with van der Waals surface area (Å²) < 4.78 is 33.2. The molecule has 2 N–H and O–H groups in total. The Morgan fingerprint density at radius 1 is 1.45 bits per heavy atom. The van der Waals surface area contributed by atoms with Gasteiger partial charge in [-0.15, -0.1) is 0 Å². The summed E-state index contributed by atoms with van der Waals surface area (Å²) in [5.74, 6) is 0.900. The van der Waals surface area contributed by atoms with Crippen LogP contribution in [0.25, 0.3) is 0 Å². The lowest BCUT2D eigenvalue weighted by Gasteiger charge is -2.03. The Labute approximate surface area is 116 Å². The van der Waals surface area contributed by atoms with Crippen LogP contribution in [0.4, 0.5) is 5.69 Å². The van der Waals surface area contributed by atoms with Crippen LogP contribution in [-0.2, 0) is 16.4 Å². The fourth-order valence-corrected chi connectivity index (χ4v) is 1.91. The van der Waals surface area contributed by atoms with Gasteiger partial charge >= 0.3 is 0 Å². The standard InChI is InChI=1S/C12H15N3O4S/c1-8(20(2,16)17)12-14-11(19-15-12)7-18-10-5-3-4-9(13)6-10/h3-6,8H,7,13H2,1-2H3. The van der Waals surface area contributed by atoms with Gasteiger partial charge in [-0.25, -0.2) is 8.42 Å². The van der Waals surface area contributed by atoms with E-state index in [9.17, 15) is 8.42 Å². The highest BCUT2D eigenvalue weighted by Crippen LogP contribution is 2.19. The normalized spacial score (nSPS) is 13.1. The number of sulfone groups is 1. The van der Waals surface area contributed by atoms with E-state index in [1.807, 2.05) is 0 Å². The molecule has 0 amide bonds. The van der Waals surface area contributed by atoms with Gasteiger partial charge in [-0.2, -0.15) is 4.98 Å². The van der Waals surface area contributed by atoms with Crippen LogP contribution in [0.5, 0.6) is 5.75 Å². The van der Waals surface area contributed by atoms with E-state index in [4.69, 9.17) is 15.0 Å². The fourth-order valence-electron chi connectivity index (χ4n) is 1.43. The number of hydrogen-bond donors (Lipinski definition) is 1. The molecule has 0 saturated carbocycles. The highest BCUT2D eigenvalue weighted by Gasteiger charge is 2.23. The molecule has 108 valence electrons. The van der Waals surface area contributed by atoms with Gasteiger partial charge in [0, 0.05) is 18.0 Å². The maximum Gasteiger partial charge on any atom is 0.264 e. The molecule has 0 aliphatic rings. The minimum absolute atomic E-state index is 0.0485. The highest BCUT2D eigenvalue weighted by molar-refractivity contribution is 7.90. The second-order valence-electron chi connectivity index (χ2n) is 4.38. The topological polar surface area (TPSA) is 108 Å². The van der Waals surface area contributed by atoms with Gasteiger partial charge in [-0.3, -0.25) is 0 Å². The Hall–Kier alpha value is -2.09. The van der Waals surface area contributed by atoms with Gasteiger partial charge in [0.25, 0.3) is 5.89 Å². The molecule has 1 heterocycles. The Bertz CT molecular complexity index is 696. The second kappa shape index (κ2) is 5.49. The smallest absolute Gasteiger partial charge is 0.264 e. The third-order valence-corrected chi connectivity index (χ3v) is 4.21. The zero-order chi connectivity index (χ0) is 14.8. The lowest BCUT2D eigenvalue weighted by molar-refractivity contribution is 0.242. The van der Waals surface area contributed by atoms with Gasteiger partial charge < -0.3 is 15.0 Å². The van der Waals surface area contributed by atoms with Crippen LogP contribution in [0.3, 0.4) is 0 Å². The third-order valence-electron chi connectivity index (χ3n) is 2.71. The van der Waals surface area contributed by atoms with Gasteiger partial charge in [0.2, 0.25) is 0 Å². The number of anilines is 1. The average Bonchev–Trinajstić information content (AvgIpc) is 2.83. The minimum atomic E-state index is -3.26. The summed E-state index contributed by atoms with van der Waals surface area (Å²) in [4.78, 5) is 4.00. The summed E-state index contributed by atoms with van der Waals surface area (Å²) in [6.45, 7) is 1.55. The molecule has 0 fully saturated rings. The molecule has 0 aliphatic heterocycles. The molecule has 1 aromatic carbocycles. The van der Waals surface area contributed by atoms with Gasteiger partial charge in [-0.05, 0) is 19.1 Å². The van der Waals surface area contributed by atoms with Crippen molar-refractivity contribution < 1.29 is 17.7 Å². The molecule has 0 radical (unpaired) electrons. The zero-order valence-corrected chi connectivity index (χ0v) is 11.9. The zero-order valence-electron chi connectivity index (χ0n) is 11.1. The monoisotopic (exact) mass is 297 g/mol. The number of ether oxygens (including phenoxy) is 1. The van der Waals surface area contributed by atoms with Crippen molar-refractivity contribution >= 4 is 15.5 Å². The molecule has 1 aromatic heterocycles. The molecule has 2 aromatic rings. The maximum atomic E-state index is 11.4. The number of aromatic nitrogens is 2. The van der Waals surface area contributed by atoms with E-state index in [0.29, 0.717) is 11.4 Å². The summed E-state index contributed by atoms with van der Waals surface area (Å²) in [5.41, 5.74) is 6.20. The first kappa shape index (κ1) is 14.3. The predicted molar refractivity (Wildman–Crippen MR) is 72.7 cm³/mol. The first-order chi connectivity index (χ1) is 9.36. The molecule has 0 aliphatic carbocycles. The van der Waals surface area contributed by atoms with Crippen molar-refractivity contribution in [2.45, 2.75) is 18.8 Å². The molecule has 2 rings (SSSR count). The number of nitrogens with zero attached hydrogens (tertiary/aromatic N) is 2. The molecule has 1 unspecified atom stereocenters. The van der Waals surface area contributed by atoms with Crippen molar-refractivity contribution in [3.8, 4) is 5.75 Å². The molecule has 0 saturated heterocycles. The second-order valence-corrected chi connectivity index (χ2v) is 6.75. The van der Waals surface area contributed by atoms with E-state index in [0.717, 1.165) is 6.26 Å². The van der Waals surface area contributed by atoms with Gasteiger partial charge in [0.15, 0.2) is 22.3 Å². The lowest BCUT2D eigenvalue weighted by Crippen LogP contribution is -2.09.